The average molecular weight is 277 g/mol. The van der Waals surface area contributed by atoms with Gasteiger partial charge in [0.1, 0.15) is 0 Å². The van der Waals surface area contributed by atoms with Crippen molar-refractivity contribution in [3.8, 4) is 11.8 Å². The van der Waals surface area contributed by atoms with Crippen LogP contribution >= 0.6 is 0 Å². The predicted octanol–water partition coefficient (Wildman–Crippen LogP) is 4.17. The second-order valence-electron chi connectivity index (χ2n) is 6.40. The van der Waals surface area contributed by atoms with E-state index in [-0.39, 0.29) is 0 Å². The first-order valence-corrected chi connectivity index (χ1v) is 7.84. The molecule has 3 unspecified atom stereocenters. The lowest BCUT2D eigenvalue weighted by Crippen LogP contribution is -2.42. The van der Waals surface area contributed by atoms with Gasteiger partial charge in [0.05, 0.1) is 0 Å². The number of piperidine rings is 1. The summed E-state index contributed by atoms with van der Waals surface area (Å²) in [5.41, 5.74) is 1.16. The lowest BCUT2D eigenvalue weighted by atomic mass is 9.84. The van der Waals surface area contributed by atoms with E-state index in [1.165, 1.54) is 17.2 Å². The normalized spacial score (nSPS) is 26.3. The van der Waals surface area contributed by atoms with Gasteiger partial charge in [-0.1, -0.05) is 55.2 Å². The van der Waals surface area contributed by atoms with Gasteiger partial charge in [-0.2, -0.15) is 0 Å². The molecule has 0 N–H and O–H groups in total. The van der Waals surface area contributed by atoms with Gasteiger partial charge in [-0.25, -0.2) is 0 Å². The highest BCUT2D eigenvalue weighted by molar-refractivity contribution is 5.88. The standard InChI is InChI=1S/C20H23N/c1-15-14-21(3)16(2)13-19(15)12-11-18-9-6-8-17-7-4-5-10-20(17)18/h4-10,15-16,19H,13-14H2,1-3H3. The van der Waals surface area contributed by atoms with Gasteiger partial charge in [0.15, 0.2) is 0 Å². The second kappa shape index (κ2) is 5.92. The van der Waals surface area contributed by atoms with Crippen molar-refractivity contribution in [3.63, 3.8) is 0 Å². The van der Waals surface area contributed by atoms with Crippen molar-refractivity contribution in [1.29, 1.82) is 0 Å². The van der Waals surface area contributed by atoms with Gasteiger partial charge in [-0.05, 0) is 43.1 Å². The molecule has 0 aliphatic carbocycles. The van der Waals surface area contributed by atoms with E-state index in [1.807, 2.05) is 0 Å². The minimum absolute atomic E-state index is 0.509. The predicted molar refractivity (Wildman–Crippen MR) is 90.2 cm³/mol. The van der Waals surface area contributed by atoms with Crippen LogP contribution in [-0.2, 0) is 0 Å². The van der Waals surface area contributed by atoms with Gasteiger partial charge in [-0.3, -0.25) is 0 Å². The largest absolute Gasteiger partial charge is 0.303 e. The Morgan fingerprint density at radius 1 is 1.05 bits per heavy atom. The van der Waals surface area contributed by atoms with Crippen molar-refractivity contribution in [2.45, 2.75) is 26.3 Å². The molecule has 3 atom stereocenters. The van der Waals surface area contributed by atoms with E-state index in [0.29, 0.717) is 17.9 Å². The number of likely N-dealkylation sites (tertiary alicyclic amines) is 1. The van der Waals surface area contributed by atoms with Crippen molar-refractivity contribution in [2.24, 2.45) is 11.8 Å². The Kier molecular flexibility index (Phi) is 3.99. The molecule has 3 rings (SSSR count). The van der Waals surface area contributed by atoms with Crippen molar-refractivity contribution in [2.75, 3.05) is 13.6 Å². The molecule has 0 saturated carbocycles. The highest BCUT2D eigenvalue weighted by atomic mass is 15.1. The highest BCUT2D eigenvalue weighted by Crippen LogP contribution is 2.26. The maximum absolute atomic E-state index is 3.55. The summed E-state index contributed by atoms with van der Waals surface area (Å²) in [6.07, 6.45) is 1.18. The van der Waals surface area contributed by atoms with E-state index < -0.39 is 0 Å². The topological polar surface area (TPSA) is 3.24 Å². The summed E-state index contributed by atoms with van der Waals surface area (Å²) in [5.74, 6) is 8.17. The summed E-state index contributed by atoms with van der Waals surface area (Å²) < 4.78 is 0. The Hall–Kier alpha value is -1.78. The number of fused-ring (bicyclic) bond motifs is 1. The summed E-state index contributed by atoms with van der Waals surface area (Å²) in [6, 6.07) is 15.5. The summed E-state index contributed by atoms with van der Waals surface area (Å²) in [5, 5.41) is 2.54. The molecule has 1 aliphatic rings. The quantitative estimate of drug-likeness (QED) is 0.653. The Labute approximate surface area is 128 Å². The number of hydrogen-bond donors (Lipinski definition) is 0. The Bertz CT molecular complexity index is 686. The van der Waals surface area contributed by atoms with E-state index in [0.717, 1.165) is 12.1 Å². The zero-order valence-corrected chi connectivity index (χ0v) is 13.1. The molecule has 2 aromatic rings. The molecule has 21 heavy (non-hydrogen) atoms. The third-order valence-electron chi connectivity index (χ3n) is 4.79. The first kappa shape index (κ1) is 14.2. The first-order valence-electron chi connectivity index (χ1n) is 7.84. The van der Waals surface area contributed by atoms with Crippen LogP contribution in [0.1, 0.15) is 25.8 Å². The van der Waals surface area contributed by atoms with Crippen molar-refractivity contribution in [3.05, 3.63) is 48.0 Å². The molecule has 1 saturated heterocycles. The monoisotopic (exact) mass is 277 g/mol. The Balaban J connectivity index is 1.89. The molecule has 108 valence electrons. The summed E-state index contributed by atoms with van der Waals surface area (Å²) in [4.78, 5) is 2.45. The van der Waals surface area contributed by atoms with Crippen LogP contribution in [0.15, 0.2) is 42.5 Å². The minimum atomic E-state index is 0.509. The van der Waals surface area contributed by atoms with Gasteiger partial charge in [0, 0.05) is 24.1 Å². The van der Waals surface area contributed by atoms with Crippen LogP contribution in [-0.4, -0.2) is 24.5 Å². The van der Waals surface area contributed by atoms with E-state index in [1.54, 1.807) is 0 Å². The number of nitrogens with zero attached hydrogens (tertiary/aromatic N) is 1. The molecule has 0 spiro atoms. The zero-order chi connectivity index (χ0) is 14.8. The maximum Gasteiger partial charge on any atom is 0.0323 e. The third-order valence-corrected chi connectivity index (χ3v) is 4.79. The van der Waals surface area contributed by atoms with Crippen LogP contribution in [0.2, 0.25) is 0 Å². The van der Waals surface area contributed by atoms with Crippen LogP contribution in [0.3, 0.4) is 0 Å². The first-order chi connectivity index (χ1) is 10.1. The fourth-order valence-corrected chi connectivity index (χ4v) is 3.25. The minimum Gasteiger partial charge on any atom is -0.303 e. The molecule has 1 nitrogen and oxygen atoms in total. The van der Waals surface area contributed by atoms with E-state index in [2.05, 4.69) is 80.1 Å². The van der Waals surface area contributed by atoms with Gasteiger partial charge in [0.2, 0.25) is 0 Å². The second-order valence-corrected chi connectivity index (χ2v) is 6.40. The van der Waals surface area contributed by atoms with E-state index >= 15 is 0 Å². The van der Waals surface area contributed by atoms with E-state index in [4.69, 9.17) is 0 Å². The third kappa shape index (κ3) is 2.96. The molecule has 1 heteroatoms. The van der Waals surface area contributed by atoms with Gasteiger partial charge in [0.25, 0.3) is 0 Å². The lowest BCUT2D eigenvalue weighted by Gasteiger charge is -2.37. The molecule has 2 aromatic carbocycles. The molecule has 1 fully saturated rings. The number of rotatable bonds is 0. The molecule has 0 bridgehead atoms. The summed E-state index contributed by atoms with van der Waals surface area (Å²) >= 11 is 0. The van der Waals surface area contributed by atoms with Crippen molar-refractivity contribution in [1.82, 2.24) is 4.90 Å². The van der Waals surface area contributed by atoms with Crippen molar-refractivity contribution < 1.29 is 0 Å². The number of benzene rings is 2. The highest BCUT2D eigenvalue weighted by Gasteiger charge is 2.27. The van der Waals surface area contributed by atoms with Gasteiger partial charge in [-0.15, -0.1) is 0 Å². The SMILES string of the molecule is CC1CN(C)C(C)CC1C#Cc1cccc2ccccc12. The summed E-state index contributed by atoms with van der Waals surface area (Å²) in [6.45, 7) is 5.78. The van der Waals surface area contributed by atoms with E-state index in [9.17, 15) is 0 Å². The molecular weight excluding hydrogens is 254 g/mol. The number of hydrogen-bond acceptors (Lipinski definition) is 1. The molecule has 0 amide bonds. The fourth-order valence-electron chi connectivity index (χ4n) is 3.25. The van der Waals surface area contributed by atoms with Crippen LogP contribution in [0.4, 0.5) is 0 Å². The smallest absolute Gasteiger partial charge is 0.0323 e. The van der Waals surface area contributed by atoms with Crippen LogP contribution in [0.5, 0.6) is 0 Å². The molecule has 0 radical (unpaired) electrons. The van der Waals surface area contributed by atoms with Gasteiger partial charge < -0.3 is 4.90 Å². The van der Waals surface area contributed by atoms with Crippen LogP contribution < -0.4 is 0 Å². The Morgan fingerprint density at radius 3 is 2.67 bits per heavy atom. The molecule has 1 aliphatic heterocycles. The molecular formula is C20H23N. The zero-order valence-electron chi connectivity index (χ0n) is 13.1. The van der Waals surface area contributed by atoms with Crippen LogP contribution in [0, 0.1) is 23.7 Å². The lowest BCUT2D eigenvalue weighted by molar-refractivity contribution is 0.128. The molecule has 0 aromatic heterocycles. The fraction of sp³-hybridized carbons (Fsp3) is 0.400. The maximum atomic E-state index is 3.55. The Morgan fingerprint density at radius 2 is 1.81 bits per heavy atom. The molecule has 1 heterocycles. The van der Waals surface area contributed by atoms with Crippen LogP contribution in [0.25, 0.3) is 10.8 Å². The average Bonchev–Trinajstić information content (AvgIpc) is 2.49. The van der Waals surface area contributed by atoms with Gasteiger partial charge >= 0.3 is 0 Å². The van der Waals surface area contributed by atoms with Crippen molar-refractivity contribution >= 4 is 10.8 Å². The summed E-state index contributed by atoms with van der Waals surface area (Å²) in [7, 11) is 2.22.